The molecule has 0 aliphatic carbocycles. The van der Waals surface area contributed by atoms with Crippen molar-refractivity contribution in [1.29, 1.82) is 0 Å². The van der Waals surface area contributed by atoms with Gasteiger partial charge in [-0.05, 0) is 49.7 Å². The summed E-state index contributed by atoms with van der Waals surface area (Å²) in [6.45, 7) is 5.61. The minimum absolute atomic E-state index is 0.148. The van der Waals surface area contributed by atoms with Crippen molar-refractivity contribution >= 4 is 11.3 Å². The molecule has 3 N–H and O–H groups in total. The molecule has 0 amide bonds. The molecule has 18 heavy (non-hydrogen) atoms. The number of nitrogens with two attached hydrogens (primary N) is 1. The monoisotopic (exact) mass is 268 g/mol. The summed E-state index contributed by atoms with van der Waals surface area (Å²) in [5, 5.41) is 11.7. The van der Waals surface area contributed by atoms with Crippen molar-refractivity contribution in [2.45, 2.75) is 51.2 Å². The van der Waals surface area contributed by atoms with Crippen LogP contribution in [0, 0.1) is 6.92 Å². The molecule has 3 nitrogen and oxygen atoms in total. The van der Waals surface area contributed by atoms with E-state index in [2.05, 4.69) is 30.2 Å². The molecule has 102 valence electrons. The second-order valence-electron chi connectivity index (χ2n) is 5.20. The van der Waals surface area contributed by atoms with Crippen LogP contribution in [0.3, 0.4) is 0 Å². The third kappa shape index (κ3) is 2.62. The third-order valence-electron chi connectivity index (χ3n) is 4.04. The summed E-state index contributed by atoms with van der Waals surface area (Å²) in [4.78, 5) is 3.80. The van der Waals surface area contributed by atoms with Gasteiger partial charge in [0.05, 0.1) is 12.6 Å². The van der Waals surface area contributed by atoms with E-state index in [9.17, 15) is 5.11 Å². The molecular weight excluding hydrogens is 244 g/mol. The van der Waals surface area contributed by atoms with Crippen LogP contribution < -0.4 is 5.73 Å². The zero-order valence-corrected chi connectivity index (χ0v) is 12.1. The highest BCUT2D eigenvalue weighted by Gasteiger charge is 2.35. The Balaban J connectivity index is 2.28. The Labute approximate surface area is 114 Å². The van der Waals surface area contributed by atoms with Crippen molar-refractivity contribution < 1.29 is 5.11 Å². The number of rotatable bonds is 5. The molecule has 2 rings (SSSR count). The highest BCUT2D eigenvalue weighted by Crippen LogP contribution is 2.36. The molecule has 3 unspecified atom stereocenters. The van der Waals surface area contributed by atoms with Gasteiger partial charge < -0.3 is 10.8 Å². The quantitative estimate of drug-likeness (QED) is 0.861. The number of aryl methyl sites for hydroxylation is 1. The number of hydrogen-bond donors (Lipinski definition) is 2. The van der Waals surface area contributed by atoms with Crippen LogP contribution in [0.25, 0.3) is 0 Å². The molecule has 1 fully saturated rings. The first kappa shape index (κ1) is 14.0. The second-order valence-corrected chi connectivity index (χ2v) is 6.15. The summed E-state index contributed by atoms with van der Waals surface area (Å²) < 4.78 is 0. The van der Waals surface area contributed by atoms with Crippen molar-refractivity contribution in [3.05, 3.63) is 21.9 Å². The Morgan fingerprint density at radius 3 is 2.94 bits per heavy atom. The van der Waals surface area contributed by atoms with Gasteiger partial charge in [-0.25, -0.2) is 0 Å². The first-order chi connectivity index (χ1) is 8.69. The predicted octanol–water partition coefficient (Wildman–Crippen LogP) is 2.29. The van der Waals surface area contributed by atoms with Crippen LogP contribution in [0.5, 0.6) is 0 Å². The normalized spacial score (nSPS) is 24.3. The van der Waals surface area contributed by atoms with Crippen LogP contribution in [-0.4, -0.2) is 35.2 Å². The second kappa shape index (κ2) is 6.15. The molecule has 4 heteroatoms. The van der Waals surface area contributed by atoms with E-state index in [0.717, 1.165) is 19.4 Å². The van der Waals surface area contributed by atoms with Gasteiger partial charge in [0, 0.05) is 17.0 Å². The van der Waals surface area contributed by atoms with Gasteiger partial charge in [0.15, 0.2) is 0 Å². The number of aliphatic hydroxyl groups is 1. The summed E-state index contributed by atoms with van der Waals surface area (Å²) >= 11 is 1.80. The Morgan fingerprint density at radius 1 is 1.61 bits per heavy atom. The topological polar surface area (TPSA) is 49.5 Å². The Morgan fingerprint density at radius 2 is 2.39 bits per heavy atom. The van der Waals surface area contributed by atoms with Gasteiger partial charge in [-0.1, -0.05) is 6.92 Å². The lowest BCUT2D eigenvalue weighted by molar-refractivity contribution is 0.105. The molecule has 0 saturated carbocycles. The van der Waals surface area contributed by atoms with Crippen molar-refractivity contribution in [1.82, 2.24) is 4.90 Å². The van der Waals surface area contributed by atoms with E-state index in [0.29, 0.717) is 0 Å². The lowest BCUT2D eigenvalue weighted by Gasteiger charge is -2.35. The molecular formula is C14H24N2OS. The average Bonchev–Trinajstić information content (AvgIpc) is 2.99. The van der Waals surface area contributed by atoms with Crippen molar-refractivity contribution in [2.24, 2.45) is 5.73 Å². The van der Waals surface area contributed by atoms with Crippen LogP contribution in [0.4, 0.5) is 0 Å². The molecule has 0 aromatic carbocycles. The van der Waals surface area contributed by atoms with Crippen molar-refractivity contribution in [3.8, 4) is 0 Å². The van der Waals surface area contributed by atoms with Gasteiger partial charge in [-0.2, -0.15) is 0 Å². The molecule has 1 aliphatic rings. The van der Waals surface area contributed by atoms with Gasteiger partial charge in [0.1, 0.15) is 0 Å². The maximum atomic E-state index is 9.53. The number of hydrogen-bond acceptors (Lipinski definition) is 4. The SMILES string of the molecule is CCC(N)C(c1sccc1C)N1CCCC1CO. The van der Waals surface area contributed by atoms with Crippen molar-refractivity contribution in [2.75, 3.05) is 13.2 Å². The fraction of sp³-hybridized carbons (Fsp3) is 0.714. The minimum Gasteiger partial charge on any atom is -0.395 e. The summed E-state index contributed by atoms with van der Waals surface area (Å²) in [5.74, 6) is 0. The number of likely N-dealkylation sites (tertiary alicyclic amines) is 1. The summed E-state index contributed by atoms with van der Waals surface area (Å²) in [5.41, 5.74) is 7.69. The summed E-state index contributed by atoms with van der Waals surface area (Å²) in [7, 11) is 0. The highest BCUT2D eigenvalue weighted by molar-refractivity contribution is 7.10. The molecule has 0 spiro atoms. The Kier molecular flexibility index (Phi) is 4.78. The first-order valence-electron chi connectivity index (χ1n) is 6.85. The molecule has 1 aromatic rings. The number of thiophene rings is 1. The zero-order chi connectivity index (χ0) is 13.1. The zero-order valence-electron chi connectivity index (χ0n) is 11.3. The first-order valence-corrected chi connectivity index (χ1v) is 7.73. The third-order valence-corrected chi connectivity index (χ3v) is 5.13. The highest BCUT2D eigenvalue weighted by atomic mass is 32.1. The van der Waals surface area contributed by atoms with E-state index in [1.54, 1.807) is 11.3 Å². The molecule has 1 saturated heterocycles. The maximum Gasteiger partial charge on any atom is 0.0599 e. The minimum atomic E-state index is 0.148. The standard InChI is InChI=1S/C14H24N2OS/c1-3-12(15)13(14-10(2)6-8-18-14)16-7-4-5-11(16)9-17/h6,8,11-13,17H,3-5,7,9,15H2,1-2H3. The number of nitrogens with zero attached hydrogens (tertiary/aromatic N) is 1. The maximum absolute atomic E-state index is 9.53. The summed E-state index contributed by atoms with van der Waals surface area (Å²) in [6, 6.07) is 2.87. The van der Waals surface area contributed by atoms with Crippen LogP contribution in [0.15, 0.2) is 11.4 Å². The fourth-order valence-electron chi connectivity index (χ4n) is 2.92. The largest absolute Gasteiger partial charge is 0.395 e. The molecule has 1 aliphatic heterocycles. The molecule has 0 bridgehead atoms. The summed E-state index contributed by atoms with van der Waals surface area (Å²) in [6.07, 6.45) is 3.23. The molecule has 1 aromatic heterocycles. The van der Waals surface area contributed by atoms with Crippen LogP contribution in [0.2, 0.25) is 0 Å². The molecule has 0 radical (unpaired) electrons. The Bertz CT molecular complexity index is 380. The van der Waals surface area contributed by atoms with E-state index in [1.807, 2.05) is 0 Å². The van der Waals surface area contributed by atoms with E-state index in [4.69, 9.17) is 5.73 Å². The van der Waals surface area contributed by atoms with Crippen LogP contribution in [0.1, 0.15) is 42.7 Å². The molecule has 2 heterocycles. The van der Waals surface area contributed by atoms with Crippen LogP contribution >= 0.6 is 11.3 Å². The van der Waals surface area contributed by atoms with Gasteiger partial charge in [-0.15, -0.1) is 11.3 Å². The number of aliphatic hydroxyl groups excluding tert-OH is 1. The van der Waals surface area contributed by atoms with Gasteiger partial charge >= 0.3 is 0 Å². The smallest absolute Gasteiger partial charge is 0.0599 e. The van der Waals surface area contributed by atoms with Gasteiger partial charge in [0.25, 0.3) is 0 Å². The lowest BCUT2D eigenvalue weighted by atomic mass is 10.00. The van der Waals surface area contributed by atoms with E-state index >= 15 is 0 Å². The van der Waals surface area contributed by atoms with Crippen LogP contribution in [-0.2, 0) is 0 Å². The average molecular weight is 268 g/mol. The predicted molar refractivity (Wildman–Crippen MR) is 76.9 cm³/mol. The van der Waals surface area contributed by atoms with E-state index in [1.165, 1.54) is 16.9 Å². The fourth-order valence-corrected chi connectivity index (χ4v) is 4.04. The van der Waals surface area contributed by atoms with Gasteiger partial charge in [0.2, 0.25) is 0 Å². The Hall–Kier alpha value is -0.420. The molecule has 3 atom stereocenters. The van der Waals surface area contributed by atoms with Crippen molar-refractivity contribution in [3.63, 3.8) is 0 Å². The van der Waals surface area contributed by atoms with Gasteiger partial charge in [-0.3, -0.25) is 4.90 Å². The van der Waals surface area contributed by atoms with E-state index < -0.39 is 0 Å². The lowest BCUT2D eigenvalue weighted by Crippen LogP contribution is -2.44. The van der Waals surface area contributed by atoms with E-state index in [-0.39, 0.29) is 24.7 Å².